The maximum Gasteiger partial charge on any atom is 0.197 e. The van der Waals surface area contributed by atoms with Gasteiger partial charge in [0.05, 0.1) is 5.57 Å². The molecule has 0 aliphatic heterocycles. The van der Waals surface area contributed by atoms with Gasteiger partial charge in [0.1, 0.15) is 0 Å². The van der Waals surface area contributed by atoms with Crippen LogP contribution in [0.15, 0.2) is 151 Å². The Kier molecular flexibility index (Phi) is 5.76. The number of Topliss-reactive ketones (excluding diaryl/α,β-unsaturated/α-hetero) is 2. The molecule has 0 aromatic heterocycles. The Bertz CT molecular complexity index is 2140. The van der Waals surface area contributed by atoms with Gasteiger partial charge in [-0.2, -0.15) is 0 Å². The highest BCUT2D eigenvalue weighted by molar-refractivity contribution is 6.42. The van der Waals surface area contributed by atoms with Gasteiger partial charge in [-0.15, -0.1) is 0 Å². The maximum absolute atomic E-state index is 13.3. The summed E-state index contributed by atoms with van der Waals surface area (Å²) < 4.78 is 0. The summed E-state index contributed by atoms with van der Waals surface area (Å²) in [5, 5.41) is 6.61. The Balaban J connectivity index is 1.19. The second-order valence-corrected chi connectivity index (χ2v) is 11.0. The van der Waals surface area contributed by atoms with E-state index < -0.39 is 0 Å². The zero-order valence-corrected chi connectivity index (χ0v) is 23.2. The first-order valence-electron chi connectivity index (χ1n) is 14.3. The van der Waals surface area contributed by atoms with Gasteiger partial charge in [-0.3, -0.25) is 9.59 Å². The van der Waals surface area contributed by atoms with Crippen molar-refractivity contribution in [3.05, 3.63) is 168 Å². The first kappa shape index (κ1) is 25.0. The molecule has 0 bridgehead atoms. The predicted octanol–water partition coefficient (Wildman–Crippen LogP) is 10.1. The minimum atomic E-state index is -0.219. The number of ketones is 2. The molecule has 0 radical (unpaired) electrons. The van der Waals surface area contributed by atoms with Crippen molar-refractivity contribution in [1.29, 1.82) is 0 Å². The molecule has 43 heavy (non-hydrogen) atoms. The summed E-state index contributed by atoms with van der Waals surface area (Å²) in [4.78, 5) is 28.9. The van der Waals surface area contributed by atoms with Crippen molar-refractivity contribution in [2.24, 2.45) is 0 Å². The number of anilines is 3. The number of carbonyl (C=O) groups excluding carboxylic acids is 2. The molecule has 1 aliphatic carbocycles. The van der Waals surface area contributed by atoms with Crippen molar-refractivity contribution in [1.82, 2.24) is 0 Å². The van der Waals surface area contributed by atoms with E-state index in [9.17, 15) is 9.59 Å². The molecule has 7 aromatic rings. The van der Waals surface area contributed by atoms with E-state index in [1.54, 1.807) is 6.08 Å². The smallest absolute Gasteiger partial charge is 0.197 e. The van der Waals surface area contributed by atoms with E-state index in [2.05, 4.69) is 89.8 Å². The highest BCUT2D eigenvalue weighted by Gasteiger charge is 2.33. The van der Waals surface area contributed by atoms with Crippen molar-refractivity contribution in [2.45, 2.75) is 0 Å². The topological polar surface area (TPSA) is 37.4 Å². The van der Waals surface area contributed by atoms with E-state index >= 15 is 0 Å². The molecule has 1 aliphatic rings. The van der Waals surface area contributed by atoms with Crippen LogP contribution in [0, 0.1) is 0 Å². The number of hydrogen-bond donors (Lipinski definition) is 0. The summed E-state index contributed by atoms with van der Waals surface area (Å²) >= 11 is 0. The summed E-state index contributed by atoms with van der Waals surface area (Å²) in [6, 6.07) is 49.2. The second kappa shape index (κ2) is 9.93. The molecule has 0 atom stereocenters. The van der Waals surface area contributed by atoms with Crippen molar-refractivity contribution in [3.8, 4) is 0 Å². The van der Waals surface area contributed by atoms with Crippen LogP contribution in [0.2, 0.25) is 0 Å². The van der Waals surface area contributed by atoms with Crippen LogP contribution in [0.25, 0.3) is 38.4 Å². The molecule has 0 spiro atoms. The zero-order chi connectivity index (χ0) is 28.9. The number of benzene rings is 7. The van der Waals surface area contributed by atoms with Gasteiger partial charge in [-0.05, 0) is 92.5 Å². The van der Waals surface area contributed by atoms with E-state index in [1.165, 1.54) is 10.8 Å². The van der Waals surface area contributed by atoms with E-state index in [4.69, 9.17) is 0 Å². The lowest BCUT2D eigenvalue weighted by Crippen LogP contribution is -2.10. The molecular formula is C40H25NO2. The fourth-order valence-corrected chi connectivity index (χ4v) is 6.11. The average molecular weight is 552 g/mol. The van der Waals surface area contributed by atoms with Crippen LogP contribution < -0.4 is 4.90 Å². The van der Waals surface area contributed by atoms with E-state index in [-0.39, 0.29) is 17.1 Å². The van der Waals surface area contributed by atoms with Gasteiger partial charge in [0.25, 0.3) is 0 Å². The van der Waals surface area contributed by atoms with Crippen molar-refractivity contribution >= 4 is 67.0 Å². The second-order valence-electron chi connectivity index (χ2n) is 11.0. The Morgan fingerprint density at radius 1 is 0.395 bits per heavy atom. The van der Waals surface area contributed by atoms with Crippen LogP contribution in [0.5, 0.6) is 0 Å². The molecule has 0 saturated carbocycles. The minimum Gasteiger partial charge on any atom is -0.310 e. The largest absolute Gasteiger partial charge is 0.310 e. The van der Waals surface area contributed by atoms with Gasteiger partial charge in [-0.1, -0.05) is 97.1 Å². The first-order chi connectivity index (χ1) is 21.1. The zero-order valence-electron chi connectivity index (χ0n) is 23.2. The fraction of sp³-hybridized carbons (Fsp3) is 0. The molecule has 0 fully saturated rings. The molecular weight excluding hydrogens is 526 g/mol. The summed E-state index contributed by atoms with van der Waals surface area (Å²) in [5.74, 6) is -0.437. The van der Waals surface area contributed by atoms with Gasteiger partial charge in [0.15, 0.2) is 11.6 Å². The molecule has 202 valence electrons. The predicted molar refractivity (Wildman–Crippen MR) is 177 cm³/mol. The molecule has 3 heteroatoms. The van der Waals surface area contributed by atoms with Crippen LogP contribution >= 0.6 is 0 Å². The third kappa shape index (κ3) is 4.30. The third-order valence-corrected chi connectivity index (χ3v) is 8.31. The SMILES string of the molecule is O=C1C(=Cc2ccc(N(c3ccc4ccccc4c3)c3ccc4ccccc4c3)cc2)C(=O)c2cc3ccccc3cc21. The molecule has 7 aromatic carbocycles. The highest BCUT2D eigenvalue weighted by atomic mass is 16.2. The molecule has 0 saturated heterocycles. The van der Waals surface area contributed by atoms with Crippen molar-refractivity contribution < 1.29 is 9.59 Å². The highest BCUT2D eigenvalue weighted by Crippen LogP contribution is 2.38. The van der Waals surface area contributed by atoms with E-state index in [0.717, 1.165) is 44.2 Å². The van der Waals surface area contributed by atoms with Crippen LogP contribution in [-0.4, -0.2) is 11.6 Å². The van der Waals surface area contributed by atoms with Crippen LogP contribution in [0.4, 0.5) is 17.1 Å². The molecule has 0 unspecified atom stereocenters. The minimum absolute atomic E-state index is 0.207. The summed E-state index contributed by atoms with van der Waals surface area (Å²) in [5.41, 5.74) is 5.03. The molecule has 8 rings (SSSR count). The monoisotopic (exact) mass is 551 g/mol. The van der Waals surface area contributed by atoms with Gasteiger partial charge in [0, 0.05) is 28.2 Å². The Morgan fingerprint density at radius 3 is 1.26 bits per heavy atom. The number of nitrogens with zero attached hydrogens (tertiary/aromatic N) is 1. The number of carbonyl (C=O) groups is 2. The third-order valence-electron chi connectivity index (χ3n) is 8.31. The fourth-order valence-electron chi connectivity index (χ4n) is 6.11. The van der Waals surface area contributed by atoms with E-state index in [0.29, 0.717) is 11.1 Å². The van der Waals surface area contributed by atoms with Gasteiger partial charge in [0.2, 0.25) is 0 Å². The molecule has 0 N–H and O–H groups in total. The Labute approximate surface area is 248 Å². The Hall–Kier alpha value is -5.80. The average Bonchev–Trinajstić information content (AvgIpc) is 3.28. The number of allylic oxidation sites excluding steroid dienone is 1. The van der Waals surface area contributed by atoms with Gasteiger partial charge in [-0.25, -0.2) is 0 Å². The summed E-state index contributed by atoms with van der Waals surface area (Å²) in [6.07, 6.45) is 1.72. The summed E-state index contributed by atoms with van der Waals surface area (Å²) in [7, 11) is 0. The first-order valence-corrected chi connectivity index (χ1v) is 14.3. The standard InChI is InChI=1S/C40H25NO2/c42-39-36-24-31-11-5-6-12-32(31)25-37(36)40(43)38(39)21-26-13-17-33(18-14-26)41(34-19-15-27-7-1-3-9-29(27)22-34)35-20-16-28-8-2-4-10-30(28)23-35/h1-25H. The van der Waals surface area contributed by atoms with Gasteiger partial charge < -0.3 is 4.90 Å². The summed E-state index contributed by atoms with van der Waals surface area (Å²) in [6.45, 7) is 0. The number of fused-ring (bicyclic) bond motifs is 4. The van der Waals surface area contributed by atoms with Crippen LogP contribution in [0.1, 0.15) is 26.3 Å². The molecule has 0 amide bonds. The van der Waals surface area contributed by atoms with Crippen molar-refractivity contribution in [3.63, 3.8) is 0 Å². The molecule has 3 nitrogen and oxygen atoms in total. The normalized spacial score (nSPS) is 12.7. The quantitative estimate of drug-likeness (QED) is 0.161. The van der Waals surface area contributed by atoms with Crippen molar-refractivity contribution in [2.75, 3.05) is 4.90 Å². The number of rotatable bonds is 4. The number of hydrogen-bond acceptors (Lipinski definition) is 3. The lowest BCUT2D eigenvalue weighted by Gasteiger charge is -2.26. The maximum atomic E-state index is 13.3. The van der Waals surface area contributed by atoms with E-state index in [1.807, 2.05) is 60.7 Å². The Morgan fingerprint density at radius 2 is 0.791 bits per heavy atom. The lowest BCUT2D eigenvalue weighted by molar-refractivity contribution is 0.0990. The van der Waals surface area contributed by atoms with Gasteiger partial charge >= 0.3 is 0 Å². The van der Waals surface area contributed by atoms with Crippen LogP contribution in [0.3, 0.4) is 0 Å². The van der Waals surface area contributed by atoms with Crippen LogP contribution in [-0.2, 0) is 0 Å². The lowest BCUT2D eigenvalue weighted by atomic mass is 10.0. The molecule has 0 heterocycles.